The average molecular weight is 120 g/mol. The van der Waals surface area contributed by atoms with Crippen LogP contribution in [0.1, 0.15) is 26.2 Å². The second kappa shape index (κ2) is 1.92. The van der Waals surface area contributed by atoms with Crippen LogP contribution in [0.2, 0.25) is 0 Å². The van der Waals surface area contributed by atoms with Gasteiger partial charge < -0.3 is 0 Å². The Morgan fingerprint density at radius 3 is 2.67 bits per heavy atom. The van der Waals surface area contributed by atoms with Crippen molar-refractivity contribution in [2.24, 2.45) is 5.41 Å². The summed E-state index contributed by atoms with van der Waals surface area (Å²) in [5.74, 6) is 2.81. The van der Waals surface area contributed by atoms with Crippen molar-refractivity contribution < 1.29 is 0 Å². The summed E-state index contributed by atoms with van der Waals surface area (Å²) in [6.07, 6.45) is 8.62. The van der Waals surface area contributed by atoms with Crippen LogP contribution < -0.4 is 0 Å². The Labute approximate surface area is 57.0 Å². The lowest BCUT2D eigenvalue weighted by Gasteiger charge is -2.12. The van der Waals surface area contributed by atoms with Gasteiger partial charge in [-0.15, -0.1) is 6.42 Å². The maximum Gasteiger partial charge on any atom is 0.0323 e. The molecule has 0 aromatic rings. The first-order valence-corrected chi connectivity index (χ1v) is 3.31. The molecule has 0 amide bonds. The summed E-state index contributed by atoms with van der Waals surface area (Å²) in [5.41, 5.74) is 1.45. The number of hydrogen-bond acceptors (Lipinski definition) is 0. The third kappa shape index (κ3) is 1.16. The SMILES string of the molecule is C#CC1(C)CCC(=C)C1. The molecule has 0 saturated heterocycles. The van der Waals surface area contributed by atoms with Gasteiger partial charge in [-0.3, -0.25) is 0 Å². The molecule has 1 aliphatic rings. The van der Waals surface area contributed by atoms with E-state index in [2.05, 4.69) is 19.4 Å². The lowest BCUT2D eigenvalue weighted by molar-refractivity contribution is 0.477. The zero-order valence-electron chi connectivity index (χ0n) is 5.91. The van der Waals surface area contributed by atoms with E-state index in [0.717, 1.165) is 19.3 Å². The maximum absolute atomic E-state index is 5.34. The first kappa shape index (κ1) is 6.42. The van der Waals surface area contributed by atoms with Crippen molar-refractivity contribution in [1.29, 1.82) is 0 Å². The Kier molecular flexibility index (Phi) is 1.37. The van der Waals surface area contributed by atoms with Crippen molar-refractivity contribution in [2.75, 3.05) is 0 Å². The van der Waals surface area contributed by atoms with Crippen LogP contribution >= 0.6 is 0 Å². The summed E-state index contributed by atoms with van der Waals surface area (Å²) in [7, 11) is 0. The normalized spacial score (nSPS) is 34.4. The molecule has 0 radical (unpaired) electrons. The molecule has 9 heavy (non-hydrogen) atoms. The molecule has 0 heteroatoms. The molecule has 1 rings (SSSR count). The van der Waals surface area contributed by atoms with Gasteiger partial charge in [0.15, 0.2) is 0 Å². The topological polar surface area (TPSA) is 0 Å². The van der Waals surface area contributed by atoms with Crippen LogP contribution in [0.15, 0.2) is 12.2 Å². The van der Waals surface area contributed by atoms with Gasteiger partial charge in [0.1, 0.15) is 0 Å². The van der Waals surface area contributed by atoms with E-state index in [-0.39, 0.29) is 5.41 Å². The Morgan fingerprint density at radius 2 is 2.44 bits per heavy atom. The van der Waals surface area contributed by atoms with Crippen molar-refractivity contribution in [3.8, 4) is 12.3 Å². The molecule has 0 nitrogen and oxygen atoms in total. The van der Waals surface area contributed by atoms with Gasteiger partial charge in [0.2, 0.25) is 0 Å². The molecular formula is C9H12. The molecule has 1 aliphatic carbocycles. The third-order valence-electron chi connectivity index (χ3n) is 2.02. The lowest BCUT2D eigenvalue weighted by atomic mass is 9.90. The summed E-state index contributed by atoms with van der Waals surface area (Å²) in [5, 5.41) is 0. The van der Waals surface area contributed by atoms with Gasteiger partial charge in [-0.1, -0.05) is 18.1 Å². The Bertz CT molecular complexity index is 171. The van der Waals surface area contributed by atoms with Gasteiger partial charge >= 0.3 is 0 Å². The monoisotopic (exact) mass is 120 g/mol. The van der Waals surface area contributed by atoms with E-state index in [1.165, 1.54) is 5.57 Å². The van der Waals surface area contributed by atoms with Crippen LogP contribution in [0.3, 0.4) is 0 Å². The van der Waals surface area contributed by atoms with Crippen LogP contribution in [0.4, 0.5) is 0 Å². The van der Waals surface area contributed by atoms with Crippen molar-refractivity contribution in [3.63, 3.8) is 0 Å². The van der Waals surface area contributed by atoms with Crippen molar-refractivity contribution in [2.45, 2.75) is 26.2 Å². The summed E-state index contributed by atoms with van der Waals surface area (Å²) in [4.78, 5) is 0. The fraction of sp³-hybridized carbons (Fsp3) is 0.556. The van der Waals surface area contributed by atoms with Crippen LogP contribution in [-0.2, 0) is 0 Å². The number of rotatable bonds is 0. The molecule has 0 aromatic heterocycles. The highest BCUT2D eigenvalue weighted by Gasteiger charge is 2.27. The van der Waals surface area contributed by atoms with E-state index >= 15 is 0 Å². The van der Waals surface area contributed by atoms with Gasteiger partial charge in [0, 0.05) is 5.41 Å². The molecular weight excluding hydrogens is 108 g/mol. The number of terminal acetylenes is 1. The lowest BCUT2D eigenvalue weighted by Crippen LogP contribution is -2.05. The summed E-state index contributed by atoms with van der Waals surface area (Å²) >= 11 is 0. The van der Waals surface area contributed by atoms with Gasteiger partial charge in [-0.25, -0.2) is 0 Å². The molecule has 0 heterocycles. The smallest absolute Gasteiger partial charge is 0.0323 e. The Hall–Kier alpha value is -0.700. The van der Waals surface area contributed by atoms with Crippen LogP contribution in [0.5, 0.6) is 0 Å². The standard InChI is InChI=1S/C9H12/c1-4-9(3)6-5-8(2)7-9/h1H,2,5-7H2,3H3. The highest BCUT2D eigenvalue weighted by molar-refractivity contribution is 5.17. The molecule has 1 atom stereocenters. The highest BCUT2D eigenvalue weighted by Crippen LogP contribution is 2.39. The average Bonchev–Trinajstić information content (AvgIpc) is 2.13. The second-order valence-corrected chi connectivity index (χ2v) is 3.13. The Morgan fingerprint density at radius 1 is 1.78 bits per heavy atom. The molecule has 1 unspecified atom stereocenters. The van der Waals surface area contributed by atoms with E-state index in [0.29, 0.717) is 0 Å². The van der Waals surface area contributed by atoms with Crippen molar-refractivity contribution in [3.05, 3.63) is 12.2 Å². The van der Waals surface area contributed by atoms with E-state index in [4.69, 9.17) is 6.42 Å². The first-order valence-electron chi connectivity index (χ1n) is 3.31. The largest absolute Gasteiger partial charge is 0.120 e. The molecule has 0 bridgehead atoms. The summed E-state index contributed by atoms with van der Waals surface area (Å²) in [6.45, 7) is 6.03. The highest BCUT2D eigenvalue weighted by atomic mass is 14.3. The predicted octanol–water partition coefficient (Wildman–Crippen LogP) is 2.37. The molecule has 0 aromatic carbocycles. The van der Waals surface area contributed by atoms with Crippen LogP contribution in [0.25, 0.3) is 0 Å². The van der Waals surface area contributed by atoms with Gasteiger partial charge in [-0.2, -0.15) is 0 Å². The van der Waals surface area contributed by atoms with E-state index < -0.39 is 0 Å². The minimum absolute atomic E-state index is 0.136. The summed E-state index contributed by atoms with van der Waals surface area (Å²) < 4.78 is 0. The second-order valence-electron chi connectivity index (χ2n) is 3.13. The van der Waals surface area contributed by atoms with Crippen molar-refractivity contribution in [1.82, 2.24) is 0 Å². The Balaban J connectivity index is 2.68. The molecule has 1 saturated carbocycles. The third-order valence-corrected chi connectivity index (χ3v) is 2.02. The number of allylic oxidation sites excluding steroid dienone is 1. The molecule has 1 fully saturated rings. The quantitative estimate of drug-likeness (QED) is 0.340. The molecule has 0 N–H and O–H groups in total. The van der Waals surface area contributed by atoms with Crippen LogP contribution in [0, 0.1) is 17.8 Å². The zero-order chi connectivity index (χ0) is 6.91. The minimum atomic E-state index is 0.136. The van der Waals surface area contributed by atoms with Crippen molar-refractivity contribution >= 4 is 0 Å². The fourth-order valence-electron chi connectivity index (χ4n) is 1.30. The number of hydrogen-bond donors (Lipinski definition) is 0. The van der Waals surface area contributed by atoms with Gasteiger partial charge in [-0.05, 0) is 26.2 Å². The van der Waals surface area contributed by atoms with E-state index in [9.17, 15) is 0 Å². The predicted molar refractivity (Wildman–Crippen MR) is 39.9 cm³/mol. The maximum atomic E-state index is 5.34. The molecule has 48 valence electrons. The molecule has 0 aliphatic heterocycles. The minimum Gasteiger partial charge on any atom is -0.120 e. The first-order chi connectivity index (χ1) is 4.16. The van der Waals surface area contributed by atoms with E-state index in [1.54, 1.807) is 0 Å². The van der Waals surface area contributed by atoms with Gasteiger partial charge in [0.25, 0.3) is 0 Å². The zero-order valence-corrected chi connectivity index (χ0v) is 5.91. The van der Waals surface area contributed by atoms with Gasteiger partial charge in [0.05, 0.1) is 0 Å². The summed E-state index contributed by atoms with van der Waals surface area (Å²) in [6, 6.07) is 0. The van der Waals surface area contributed by atoms with E-state index in [1.807, 2.05) is 0 Å². The molecule has 0 spiro atoms. The fourth-order valence-corrected chi connectivity index (χ4v) is 1.30. The van der Waals surface area contributed by atoms with Crippen LogP contribution in [-0.4, -0.2) is 0 Å².